The lowest BCUT2D eigenvalue weighted by Crippen LogP contribution is -2.52. The molecule has 0 spiro atoms. The molecule has 0 aromatic carbocycles. The van der Waals surface area contributed by atoms with E-state index in [1.807, 2.05) is 0 Å². The fraction of sp³-hybridized carbons (Fsp3) is 0.846. The molecule has 1 aliphatic heterocycles. The zero-order valence-electron chi connectivity index (χ0n) is 12.1. The quantitative estimate of drug-likeness (QED) is 0.720. The second kappa shape index (κ2) is 6.86. The first-order chi connectivity index (χ1) is 8.92. The first kappa shape index (κ1) is 15.9. The molecule has 6 nitrogen and oxygen atoms in total. The fourth-order valence-electron chi connectivity index (χ4n) is 2.18. The van der Waals surface area contributed by atoms with E-state index in [1.54, 1.807) is 18.7 Å². The number of piperidine rings is 1. The van der Waals surface area contributed by atoms with Crippen LogP contribution >= 0.6 is 0 Å². The standard InChI is InChI=1S/C13H25N3O3/c1-13(2,19-3)12(18)16-8-4-5-10(9-16)11(17)15-7-6-14/h10H,4-9,14H2,1-3H3,(H,15,17). The van der Waals surface area contributed by atoms with E-state index in [0.29, 0.717) is 26.2 Å². The van der Waals surface area contributed by atoms with E-state index >= 15 is 0 Å². The molecule has 1 rings (SSSR count). The van der Waals surface area contributed by atoms with Gasteiger partial charge in [0.15, 0.2) is 0 Å². The van der Waals surface area contributed by atoms with Crippen LogP contribution in [0.2, 0.25) is 0 Å². The van der Waals surface area contributed by atoms with E-state index in [-0.39, 0.29) is 17.7 Å². The molecule has 1 unspecified atom stereocenters. The zero-order valence-corrected chi connectivity index (χ0v) is 12.1. The minimum Gasteiger partial charge on any atom is -0.369 e. The molecule has 1 fully saturated rings. The second-order valence-electron chi connectivity index (χ2n) is 5.38. The summed E-state index contributed by atoms with van der Waals surface area (Å²) < 4.78 is 5.21. The average molecular weight is 271 g/mol. The summed E-state index contributed by atoms with van der Waals surface area (Å²) in [6.45, 7) is 5.54. The number of nitrogens with one attached hydrogen (secondary N) is 1. The molecule has 110 valence electrons. The summed E-state index contributed by atoms with van der Waals surface area (Å²) in [6.07, 6.45) is 1.65. The highest BCUT2D eigenvalue weighted by Gasteiger charge is 2.35. The Morgan fingerprint density at radius 3 is 2.74 bits per heavy atom. The Bertz CT molecular complexity index is 331. The van der Waals surface area contributed by atoms with E-state index in [1.165, 1.54) is 7.11 Å². The van der Waals surface area contributed by atoms with Crippen molar-refractivity contribution in [1.82, 2.24) is 10.2 Å². The number of hydrogen-bond acceptors (Lipinski definition) is 4. The number of carbonyl (C=O) groups excluding carboxylic acids is 2. The third kappa shape index (κ3) is 4.18. The topological polar surface area (TPSA) is 84.7 Å². The largest absolute Gasteiger partial charge is 0.369 e. The van der Waals surface area contributed by atoms with Crippen LogP contribution in [0.1, 0.15) is 26.7 Å². The Labute approximate surface area is 114 Å². The Morgan fingerprint density at radius 1 is 1.47 bits per heavy atom. The minimum atomic E-state index is -0.838. The number of likely N-dealkylation sites (tertiary alicyclic amines) is 1. The molecule has 0 saturated carbocycles. The summed E-state index contributed by atoms with van der Waals surface area (Å²) in [5, 5.41) is 2.78. The maximum Gasteiger partial charge on any atom is 0.254 e. The summed E-state index contributed by atoms with van der Waals surface area (Å²) in [5.41, 5.74) is 4.52. The van der Waals surface area contributed by atoms with Crippen molar-refractivity contribution in [1.29, 1.82) is 0 Å². The van der Waals surface area contributed by atoms with Crippen LogP contribution in [0.3, 0.4) is 0 Å². The van der Waals surface area contributed by atoms with E-state index in [2.05, 4.69) is 5.32 Å². The molecule has 3 N–H and O–H groups in total. The fourth-order valence-corrected chi connectivity index (χ4v) is 2.18. The Balaban J connectivity index is 2.59. The zero-order chi connectivity index (χ0) is 14.5. The van der Waals surface area contributed by atoms with Gasteiger partial charge >= 0.3 is 0 Å². The lowest BCUT2D eigenvalue weighted by Gasteiger charge is -2.36. The summed E-state index contributed by atoms with van der Waals surface area (Å²) in [4.78, 5) is 25.9. The van der Waals surface area contributed by atoms with Crippen LogP contribution in [-0.4, -0.2) is 55.6 Å². The van der Waals surface area contributed by atoms with Crippen molar-refractivity contribution in [3.8, 4) is 0 Å². The molecule has 2 amide bonds. The van der Waals surface area contributed by atoms with Gasteiger partial charge in [0.1, 0.15) is 5.60 Å². The lowest BCUT2D eigenvalue weighted by molar-refractivity contribution is -0.153. The number of nitrogens with two attached hydrogens (primary N) is 1. The summed E-state index contributed by atoms with van der Waals surface area (Å²) >= 11 is 0. The van der Waals surface area contributed by atoms with Crippen molar-refractivity contribution in [2.24, 2.45) is 11.7 Å². The third-order valence-electron chi connectivity index (χ3n) is 3.55. The number of carbonyl (C=O) groups is 2. The van der Waals surface area contributed by atoms with Crippen LogP contribution in [0.5, 0.6) is 0 Å². The molecule has 0 bridgehead atoms. The van der Waals surface area contributed by atoms with Gasteiger partial charge in [0.2, 0.25) is 5.91 Å². The van der Waals surface area contributed by atoms with E-state index in [0.717, 1.165) is 12.8 Å². The predicted octanol–water partition coefficient (Wildman–Crippen LogP) is -0.275. The summed E-state index contributed by atoms with van der Waals surface area (Å²) in [5.74, 6) is -0.221. The van der Waals surface area contributed by atoms with Crippen LogP contribution in [-0.2, 0) is 14.3 Å². The molecule has 0 radical (unpaired) electrons. The van der Waals surface area contributed by atoms with Crippen molar-refractivity contribution < 1.29 is 14.3 Å². The normalized spacial score (nSPS) is 20.2. The predicted molar refractivity (Wildman–Crippen MR) is 72.5 cm³/mol. The molecule has 1 atom stereocenters. The first-order valence-corrected chi connectivity index (χ1v) is 6.74. The average Bonchev–Trinajstić information content (AvgIpc) is 2.43. The molecule has 6 heteroatoms. The van der Waals surface area contributed by atoms with Crippen LogP contribution in [0.25, 0.3) is 0 Å². The van der Waals surface area contributed by atoms with Gasteiger partial charge in [-0.25, -0.2) is 0 Å². The Kier molecular flexibility index (Phi) is 5.75. The van der Waals surface area contributed by atoms with Crippen molar-refractivity contribution in [2.75, 3.05) is 33.3 Å². The number of nitrogens with zero attached hydrogens (tertiary/aromatic N) is 1. The minimum absolute atomic E-state index is 0.0156. The summed E-state index contributed by atoms with van der Waals surface area (Å²) in [6, 6.07) is 0. The van der Waals surface area contributed by atoms with E-state index in [9.17, 15) is 9.59 Å². The number of amides is 2. The van der Waals surface area contributed by atoms with Crippen molar-refractivity contribution in [2.45, 2.75) is 32.3 Å². The van der Waals surface area contributed by atoms with Crippen molar-refractivity contribution in [3.05, 3.63) is 0 Å². The number of ether oxygens (including phenoxy) is 1. The maximum absolute atomic E-state index is 12.3. The lowest BCUT2D eigenvalue weighted by atomic mass is 9.95. The number of hydrogen-bond donors (Lipinski definition) is 2. The number of methoxy groups -OCH3 is 1. The second-order valence-corrected chi connectivity index (χ2v) is 5.38. The molecule has 0 aromatic heterocycles. The SMILES string of the molecule is COC(C)(C)C(=O)N1CCCC(C(=O)NCCN)C1. The van der Waals surface area contributed by atoms with Gasteiger partial charge in [-0.2, -0.15) is 0 Å². The van der Waals surface area contributed by atoms with E-state index in [4.69, 9.17) is 10.5 Å². The monoisotopic (exact) mass is 271 g/mol. The number of rotatable bonds is 5. The first-order valence-electron chi connectivity index (χ1n) is 6.74. The molecular weight excluding hydrogens is 246 g/mol. The Morgan fingerprint density at radius 2 is 2.16 bits per heavy atom. The van der Waals surface area contributed by atoms with Gasteiger partial charge in [0.05, 0.1) is 5.92 Å². The van der Waals surface area contributed by atoms with Crippen molar-refractivity contribution in [3.63, 3.8) is 0 Å². The molecule has 1 aliphatic rings. The van der Waals surface area contributed by atoms with Crippen LogP contribution < -0.4 is 11.1 Å². The van der Waals surface area contributed by atoms with Gasteiger partial charge < -0.3 is 20.7 Å². The highest BCUT2D eigenvalue weighted by atomic mass is 16.5. The van der Waals surface area contributed by atoms with Crippen molar-refractivity contribution >= 4 is 11.8 Å². The maximum atomic E-state index is 12.3. The molecule has 0 aromatic rings. The Hall–Kier alpha value is -1.14. The molecular formula is C13H25N3O3. The molecule has 1 heterocycles. The van der Waals surface area contributed by atoms with Gasteiger partial charge in [0.25, 0.3) is 5.91 Å². The van der Waals surface area contributed by atoms with Crippen LogP contribution in [0.15, 0.2) is 0 Å². The van der Waals surface area contributed by atoms with Crippen LogP contribution in [0, 0.1) is 5.92 Å². The molecule has 0 aliphatic carbocycles. The highest BCUT2D eigenvalue weighted by Crippen LogP contribution is 2.21. The van der Waals surface area contributed by atoms with Gasteiger partial charge in [-0.3, -0.25) is 9.59 Å². The summed E-state index contributed by atoms with van der Waals surface area (Å²) in [7, 11) is 1.52. The molecule has 1 saturated heterocycles. The third-order valence-corrected chi connectivity index (χ3v) is 3.55. The highest BCUT2D eigenvalue weighted by molar-refractivity contribution is 5.86. The van der Waals surface area contributed by atoms with Gasteiger partial charge in [0, 0.05) is 33.3 Å². The van der Waals surface area contributed by atoms with E-state index < -0.39 is 5.60 Å². The van der Waals surface area contributed by atoms with Gasteiger partial charge in [-0.05, 0) is 26.7 Å². The molecule has 19 heavy (non-hydrogen) atoms. The van der Waals surface area contributed by atoms with Gasteiger partial charge in [-0.1, -0.05) is 0 Å². The smallest absolute Gasteiger partial charge is 0.254 e. The van der Waals surface area contributed by atoms with Gasteiger partial charge in [-0.15, -0.1) is 0 Å². The van der Waals surface area contributed by atoms with Crippen LogP contribution in [0.4, 0.5) is 0 Å².